The van der Waals surface area contributed by atoms with E-state index < -0.39 is 16.4 Å². The Labute approximate surface area is 173 Å². The lowest BCUT2D eigenvalue weighted by molar-refractivity contribution is -0.274. The van der Waals surface area contributed by atoms with Crippen molar-refractivity contribution in [1.29, 1.82) is 0 Å². The van der Waals surface area contributed by atoms with E-state index >= 15 is 0 Å². The predicted molar refractivity (Wildman–Crippen MR) is 105 cm³/mol. The summed E-state index contributed by atoms with van der Waals surface area (Å²) in [4.78, 5) is 14.0. The molecule has 164 valence electrons. The van der Waals surface area contributed by atoms with E-state index in [0.717, 1.165) is 16.4 Å². The lowest BCUT2D eigenvalue weighted by Gasteiger charge is -2.20. The zero-order valence-corrected chi connectivity index (χ0v) is 17.6. The average molecular weight is 444 g/mol. The van der Waals surface area contributed by atoms with Crippen LogP contribution in [0.5, 0.6) is 5.75 Å². The number of amides is 1. The van der Waals surface area contributed by atoms with Gasteiger partial charge in [0.1, 0.15) is 5.75 Å². The molecule has 0 N–H and O–H groups in total. The van der Waals surface area contributed by atoms with Crippen molar-refractivity contribution in [3.8, 4) is 5.75 Å². The molecule has 0 aliphatic rings. The number of alkyl halides is 3. The molecule has 0 heterocycles. The SMILES string of the molecule is CCN(CC)C(=O)c1ccc(S(=O)(=O)N(C)Cc2ccc(OC(F)(F)F)cc2)cc1. The van der Waals surface area contributed by atoms with Gasteiger partial charge < -0.3 is 9.64 Å². The highest BCUT2D eigenvalue weighted by molar-refractivity contribution is 7.89. The van der Waals surface area contributed by atoms with E-state index in [-0.39, 0.29) is 23.1 Å². The second-order valence-electron chi connectivity index (χ2n) is 6.45. The van der Waals surface area contributed by atoms with Gasteiger partial charge in [-0.3, -0.25) is 4.79 Å². The molecule has 0 fully saturated rings. The molecule has 0 unspecified atom stereocenters. The second-order valence-corrected chi connectivity index (χ2v) is 8.50. The molecule has 0 bridgehead atoms. The van der Waals surface area contributed by atoms with Gasteiger partial charge in [-0.15, -0.1) is 13.2 Å². The van der Waals surface area contributed by atoms with Crippen molar-refractivity contribution in [3.63, 3.8) is 0 Å². The molecule has 0 aliphatic carbocycles. The maximum absolute atomic E-state index is 12.8. The second kappa shape index (κ2) is 9.48. The fourth-order valence-corrected chi connectivity index (χ4v) is 3.94. The summed E-state index contributed by atoms with van der Waals surface area (Å²) < 4.78 is 67.1. The number of benzene rings is 2. The number of halogens is 3. The minimum Gasteiger partial charge on any atom is -0.406 e. The molecule has 2 aromatic carbocycles. The van der Waals surface area contributed by atoms with Crippen LogP contribution in [0.25, 0.3) is 0 Å². The number of hydrogen-bond acceptors (Lipinski definition) is 4. The monoisotopic (exact) mass is 444 g/mol. The van der Waals surface area contributed by atoms with Crippen LogP contribution in [0.3, 0.4) is 0 Å². The summed E-state index contributed by atoms with van der Waals surface area (Å²) in [6, 6.07) is 10.6. The maximum atomic E-state index is 12.8. The summed E-state index contributed by atoms with van der Waals surface area (Å²) in [5, 5.41) is 0. The van der Waals surface area contributed by atoms with Crippen molar-refractivity contribution in [1.82, 2.24) is 9.21 Å². The lowest BCUT2D eigenvalue weighted by atomic mass is 10.2. The van der Waals surface area contributed by atoms with E-state index in [2.05, 4.69) is 4.74 Å². The molecule has 30 heavy (non-hydrogen) atoms. The third kappa shape index (κ3) is 5.96. The van der Waals surface area contributed by atoms with Gasteiger partial charge in [-0.25, -0.2) is 8.42 Å². The highest BCUT2D eigenvalue weighted by atomic mass is 32.2. The van der Waals surface area contributed by atoms with Crippen LogP contribution in [0.4, 0.5) is 13.2 Å². The van der Waals surface area contributed by atoms with Gasteiger partial charge in [0, 0.05) is 32.2 Å². The standard InChI is InChI=1S/C20H23F3N2O4S/c1-4-25(5-2)19(26)16-8-12-18(13-9-16)30(27,28)24(3)14-15-6-10-17(11-7-15)29-20(21,22)23/h6-13H,4-5,14H2,1-3H3. The summed E-state index contributed by atoms with van der Waals surface area (Å²) in [6.07, 6.45) is -4.79. The Morgan fingerprint density at radius 1 is 0.967 bits per heavy atom. The van der Waals surface area contributed by atoms with Gasteiger partial charge in [-0.05, 0) is 55.8 Å². The van der Waals surface area contributed by atoms with Gasteiger partial charge in [0.05, 0.1) is 4.90 Å². The number of nitrogens with zero attached hydrogens (tertiary/aromatic N) is 2. The highest BCUT2D eigenvalue weighted by Gasteiger charge is 2.31. The number of ether oxygens (including phenoxy) is 1. The van der Waals surface area contributed by atoms with Crippen molar-refractivity contribution < 1.29 is 31.1 Å². The first-order chi connectivity index (χ1) is 14.0. The maximum Gasteiger partial charge on any atom is 0.573 e. The fraction of sp³-hybridized carbons (Fsp3) is 0.350. The number of carbonyl (C=O) groups is 1. The third-order valence-corrected chi connectivity index (χ3v) is 6.24. The van der Waals surface area contributed by atoms with Crippen molar-refractivity contribution in [2.24, 2.45) is 0 Å². The van der Waals surface area contributed by atoms with Gasteiger partial charge in [-0.1, -0.05) is 12.1 Å². The Balaban J connectivity index is 2.12. The first-order valence-electron chi connectivity index (χ1n) is 9.18. The molecule has 2 rings (SSSR count). The topological polar surface area (TPSA) is 66.9 Å². The average Bonchev–Trinajstić information content (AvgIpc) is 2.69. The molecular formula is C20H23F3N2O4S. The molecule has 0 aromatic heterocycles. The number of hydrogen-bond donors (Lipinski definition) is 0. The van der Waals surface area contributed by atoms with Gasteiger partial charge in [-0.2, -0.15) is 4.31 Å². The largest absolute Gasteiger partial charge is 0.573 e. The predicted octanol–water partition coefficient (Wildman–Crippen LogP) is 3.89. The van der Waals surface area contributed by atoms with Crippen LogP contribution in [0.1, 0.15) is 29.8 Å². The zero-order valence-electron chi connectivity index (χ0n) is 16.8. The van der Waals surface area contributed by atoms with Crippen LogP contribution in [0.2, 0.25) is 0 Å². The number of rotatable bonds is 8. The smallest absolute Gasteiger partial charge is 0.406 e. The van der Waals surface area contributed by atoms with Crippen LogP contribution in [-0.4, -0.2) is 50.0 Å². The van der Waals surface area contributed by atoms with Crippen molar-refractivity contribution in [2.75, 3.05) is 20.1 Å². The molecule has 0 radical (unpaired) electrons. The van der Waals surface area contributed by atoms with E-state index in [1.165, 1.54) is 43.4 Å². The molecular weight excluding hydrogens is 421 g/mol. The Hall–Kier alpha value is -2.59. The minimum absolute atomic E-state index is 0.0121. The van der Waals surface area contributed by atoms with E-state index in [9.17, 15) is 26.4 Å². The van der Waals surface area contributed by atoms with Crippen molar-refractivity contribution in [2.45, 2.75) is 31.7 Å². The van der Waals surface area contributed by atoms with Crippen molar-refractivity contribution >= 4 is 15.9 Å². The van der Waals surface area contributed by atoms with E-state index in [4.69, 9.17) is 0 Å². The molecule has 0 aliphatic heterocycles. The van der Waals surface area contributed by atoms with Gasteiger partial charge >= 0.3 is 6.36 Å². The summed E-state index contributed by atoms with van der Waals surface area (Å²) in [6.45, 7) is 4.76. The van der Waals surface area contributed by atoms with Crippen LogP contribution >= 0.6 is 0 Å². The summed E-state index contributed by atoms with van der Waals surface area (Å²) in [7, 11) is -2.49. The van der Waals surface area contributed by atoms with E-state index in [1.54, 1.807) is 4.90 Å². The van der Waals surface area contributed by atoms with Crippen molar-refractivity contribution in [3.05, 3.63) is 59.7 Å². The molecule has 0 atom stereocenters. The van der Waals surface area contributed by atoms with Gasteiger partial charge in [0.25, 0.3) is 5.91 Å². The first-order valence-corrected chi connectivity index (χ1v) is 10.6. The van der Waals surface area contributed by atoms with Crippen LogP contribution in [0, 0.1) is 0 Å². The van der Waals surface area contributed by atoms with Gasteiger partial charge in [0.15, 0.2) is 0 Å². The molecule has 0 saturated carbocycles. The Morgan fingerprint density at radius 3 is 1.97 bits per heavy atom. The molecule has 6 nitrogen and oxygen atoms in total. The lowest BCUT2D eigenvalue weighted by Crippen LogP contribution is -2.30. The molecule has 10 heteroatoms. The number of carbonyl (C=O) groups excluding carboxylic acids is 1. The van der Waals surface area contributed by atoms with Crippen LogP contribution < -0.4 is 4.74 Å². The van der Waals surface area contributed by atoms with E-state index in [0.29, 0.717) is 24.2 Å². The van der Waals surface area contributed by atoms with Crippen LogP contribution in [-0.2, 0) is 16.6 Å². The molecule has 0 saturated heterocycles. The molecule has 2 aromatic rings. The summed E-state index contributed by atoms with van der Waals surface area (Å²) in [5.74, 6) is -0.566. The first kappa shape index (κ1) is 23.7. The Bertz CT molecular complexity index is 955. The normalized spacial score (nSPS) is 12.1. The zero-order chi connectivity index (χ0) is 22.5. The molecule has 0 spiro atoms. The van der Waals surface area contributed by atoms with Crippen LogP contribution in [0.15, 0.2) is 53.4 Å². The highest BCUT2D eigenvalue weighted by Crippen LogP contribution is 2.24. The number of sulfonamides is 1. The molecule has 1 amide bonds. The third-order valence-electron chi connectivity index (χ3n) is 4.42. The Kier molecular flexibility index (Phi) is 7.49. The minimum atomic E-state index is -4.79. The summed E-state index contributed by atoms with van der Waals surface area (Å²) in [5.41, 5.74) is 0.879. The van der Waals surface area contributed by atoms with E-state index in [1.807, 2.05) is 13.8 Å². The quantitative estimate of drug-likeness (QED) is 0.620. The Morgan fingerprint density at radius 2 is 1.50 bits per heavy atom. The van der Waals surface area contributed by atoms with Gasteiger partial charge in [0.2, 0.25) is 10.0 Å². The fourth-order valence-electron chi connectivity index (χ4n) is 2.78. The summed E-state index contributed by atoms with van der Waals surface area (Å²) >= 11 is 0.